The summed E-state index contributed by atoms with van der Waals surface area (Å²) in [6.45, 7) is 5.67. The molecule has 0 aliphatic carbocycles. The maximum atomic E-state index is 3.69. The molecule has 17 heavy (non-hydrogen) atoms. The first kappa shape index (κ1) is 13.4. The molecular weight excluding hydrogens is 294 g/mol. The largest absolute Gasteiger partial charge is 0.310 e. The van der Waals surface area contributed by atoms with E-state index in [1.807, 2.05) is 0 Å². The first-order valence-corrected chi connectivity index (χ1v) is 8.18. The molecule has 1 nitrogen and oxygen atoms in total. The average Bonchev–Trinajstić information content (AvgIpc) is 2.47. The maximum Gasteiger partial charge on any atom is 0.0334 e. The van der Waals surface area contributed by atoms with E-state index in [1.165, 1.54) is 28.4 Å². The minimum Gasteiger partial charge on any atom is -0.310 e. The lowest BCUT2D eigenvalue weighted by Crippen LogP contribution is -2.24. The third kappa shape index (κ3) is 3.49. The van der Waals surface area contributed by atoms with Crippen molar-refractivity contribution in [3.8, 4) is 0 Å². The molecule has 3 heteroatoms. The quantitative estimate of drug-likeness (QED) is 0.880. The number of benzene rings is 1. The molecule has 0 bridgehead atoms. The van der Waals surface area contributed by atoms with E-state index in [9.17, 15) is 0 Å². The molecule has 1 aromatic rings. The van der Waals surface area contributed by atoms with Crippen LogP contribution >= 0.6 is 27.7 Å². The van der Waals surface area contributed by atoms with Crippen molar-refractivity contribution in [2.45, 2.75) is 43.7 Å². The summed E-state index contributed by atoms with van der Waals surface area (Å²) in [5.74, 6) is 1.15. The van der Waals surface area contributed by atoms with E-state index >= 15 is 0 Å². The van der Waals surface area contributed by atoms with Gasteiger partial charge in [0, 0.05) is 21.5 Å². The molecule has 0 radical (unpaired) electrons. The minimum atomic E-state index is 0.521. The van der Waals surface area contributed by atoms with E-state index < -0.39 is 0 Å². The van der Waals surface area contributed by atoms with Gasteiger partial charge in [-0.2, -0.15) is 11.8 Å². The van der Waals surface area contributed by atoms with Crippen LogP contribution < -0.4 is 5.32 Å². The van der Waals surface area contributed by atoms with Gasteiger partial charge in [-0.25, -0.2) is 0 Å². The van der Waals surface area contributed by atoms with Crippen LogP contribution in [-0.2, 0) is 5.75 Å². The van der Waals surface area contributed by atoms with Crippen LogP contribution in [0.25, 0.3) is 0 Å². The fourth-order valence-electron chi connectivity index (χ4n) is 2.29. The smallest absolute Gasteiger partial charge is 0.0334 e. The Bertz CT molecular complexity index is 380. The van der Waals surface area contributed by atoms with Gasteiger partial charge >= 0.3 is 0 Å². The maximum absolute atomic E-state index is 3.69. The Hall–Kier alpha value is 0.01000. The Balaban J connectivity index is 2.27. The van der Waals surface area contributed by atoms with Crippen LogP contribution in [0.3, 0.4) is 0 Å². The molecule has 0 aromatic heterocycles. The van der Waals surface area contributed by atoms with E-state index in [1.54, 1.807) is 0 Å². The Kier molecular flexibility index (Phi) is 4.95. The van der Waals surface area contributed by atoms with Crippen molar-refractivity contribution < 1.29 is 0 Å². The summed E-state index contributed by atoms with van der Waals surface area (Å²) in [7, 11) is 0. The van der Waals surface area contributed by atoms with Crippen molar-refractivity contribution in [2.24, 2.45) is 0 Å². The fourth-order valence-corrected chi connectivity index (χ4v) is 3.73. The number of rotatable bonds is 3. The zero-order valence-corrected chi connectivity index (χ0v) is 12.9. The molecule has 1 N–H and O–H groups in total. The second-order valence-electron chi connectivity index (χ2n) is 4.71. The van der Waals surface area contributed by atoms with Crippen LogP contribution in [-0.4, -0.2) is 11.8 Å². The minimum absolute atomic E-state index is 0.521. The molecule has 0 amide bonds. The zero-order valence-electron chi connectivity index (χ0n) is 10.5. The van der Waals surface area contributed by atoms with Gasteiger partial charge in [0.25, 0.3) is 0 Å². The molecule has 1 aliphatic rings. The summed E-state index contributed by atoms with van der Waals surface area (Å²) >= 11 is 5.66. The molecule has 1 aliphatic heterocycles. The molecule has 2 rings (SSSR count). The van der Waals surface area contributed by atoms with Crippen molar-refractivity contribution >= 4 is 27.7 Å². The van der Waals surface area contributed by atoms with E-state index in [4.69, 9.17) is 0 Å². The van der Waals surface area contributed by atoms with E-state index in [0.29, 0.717) is 6.04 Å². The number of halogens is 1. The lowest BCUT2D eigenvalue weighted by molar-refractivity contribution is 0.499. The Morgan fingerprint density at radius 2 is 2.29 bits per heavy atom. The molecule has 2 atom stereocenters. The Morgan fingerprint density at radius 1 is 1.47 bits per heavy atom. The van der Waals surface area contributed by atoms with E-state index in [-0.39, 0.29) is 0 Å². The highest BCUT2D eigenvalue weighted by atomic mass is 79.9. The molecule has 0 saturated carbocycles. The third-order valence-electron chi connectivity index (χ3n) is 3.22. The van der Waals surface area contributed by atoms with Gasteiger partial charge in [-0.15, -0.1) is 0 Å². The third-order valence-corrected chi connectivity index (χ3v) is 4.95. The Labute approximate surface area is 117 Å². The first-order valence-electron chi connectivity index (χ1n) is 6.34. The topological polar surface area (TPSA) is 12.0 Å². The molecule has 2 unspecified atom stereocenters. The summed E-state index contributed by atoms with van der Waals surface area (Å²) in [5.41, 5.74) is 2.99. The summed E-state index contributed by atoms with van der Waals surface area (Å²) in [6, 6.07) is 7.24. The van der Waals surface area contributed by atoms with Gasteiger partial charge in [0.15, 0.2) is 0 Å². The summed E-state index contributed by atoms with van der Waals surface area (Å²) in [5, 5.41) is 4.42. The number of nitrogens with one attached hydrogen (secondary N) is 1. The highest BCUT2D eigenvalue weighted by Crippen LogP contribution is 2.36. The van der Waals surface area contributed by atoms with Gasteiger partial charge in [0.2, 0.25) is 0 Å². The van der Waals surface area contributed by atoms with Gasteiger partial charge in [-0.1, -0.05) is 35.8 Å². The highest BCUT2D eigenvalue weighted by Gasteiger charge is 2.22. The Morgan fingerprint density at radius 3 is 3.06 bits per heavy atom. The van der Waals surface area contributed by atoms with Crippen LogP contribution in [0.4, 0.5) is 0 Å². The van der Waals surface area contributed by atoms with Crippen molar-refractivity contribution in [1.82, 2.24) is 5.32 Å². The molecule has 1 aromatic carbocycles. The van der Waals surface area contributed by atoms with Crippen molar-refractivity contribution in [3.63, 3.8) is 0 Å². The molecule has 0 fully saturated rings. The second-order valence-corrected chi connectivity index (χ2v) is 7.05. The zero-order chi connectivity index (χ0) is 12.3. The predicted octanol–water partition coefficient (Wildman–Crippen LogP) is 4.52. The lowest BCUT2D eigenvalue weighted by atomic mass is 9.98. The summed E-state index contributed by atoms with van der Waals surface area (Å²) in [6.07, 6.45) is 2.43. The highest BCUT2D eigenvalue weighted by molar-refractivity contribution is 9.10. The monoisotopic (exact) mass is 313 g/mol. The van der Waals surface area contributed by atoms with Gasteiger partial charge < -0.3 is 5.32 Å². The van der Waals surface area contributed by atoms with Crippen LogP contribution in [0.5, 0.6) is 0 Å². The van der Waals surface area contributed by atoms with Crippen molar-refractivity contribution in [1.29, 1.82) is 0 Å². The molecule has 1 heterocycles. The van der Waals surface area contributed by atoms with Crippen molar-refractivity contribution in [2.75, 3.05) is 6.54 Å². The van der Waals surface area contributed by atoms with Crippen LogP contribution in [0.2, 0.25) is 0 Å². The number of fused-ring (bicyclic) bond motifs is 1. The van der Waals surface area contributed by atoms with E-state index in [0.717, 1.165) is 17.5 Å². The first-order chi connectivity index (χ1) is 8.20. The summed E-state index contributed by atoms with van der Waals surface area (Å²) in [4.78, 5) is 0. The van der Waals surface area contributed by atoms with Crippen LogP contribution in [0.15, 0.2) is 22.7 Å². The van der Waals surface area contributed by atoms with Crippen LogP contribution in [0, 0.1) is 0 Å². The number of thioether (sulfide) groups is 1. The van der Waals surface area contributed by atoms with Gasteiger partial charge in [-0.05, 0) is 42.6 Å². The standard InChI is InChI=1S/C14H20BrNS/c1-3-6-16-14-7-10(2)17-9-11-4-5-12(15)8-13(11)14/h4-5,8,10,14,16H,3,6-7,9H2,1-2H3. The number of hydrogen-bond donors (Lipinski definition) is 1. The lowest BCUT2D eigenvalue weighted by Gasteiger charge is -2.20. The van der Waals surface area contributed by atoms with Gasteiger partial charge in [0.05, 0.1) is 0 Å². The fraction of sp³-hybridized carbons (Fsp3) is 0.571. The summed E-state index contributed by atoms with van der Waals surface area (Å²) < 4.78 is 1.19. The molecule has 0 spiro atoms. The van der Waals surface area contributed by atoms with Gasteiger partial charge in [0.1, 0.15) is 0 Å². The SMILES string of the molecule is CCCNC1CC(C)SCc2ccc(Br)cc21. The molecular formula is C14H20BrNS. The van der Waals surface area contributed by atoms with E-state index in [2.05, 4.69) is 65.1 Å². The average molecular weight is 314 g/mol. The normalized spacial score (nSPS) is 24.2. The number of hydrogen-bond acceptors (Lipinski definition) is 2. The predicted molar refractivity (Wildman–Crippen MR) is 80.6 cm³/mol. The second kappa shape index (κ2) is 6.26. The van der Waals surface area contributed by atoms with Crippen LogP contribution in [0.1, 0.15) is 43.9 Å². The molecule has 0 saturated heterocycles. The molecule has 94 valence electrons. The van der Waals surface area contributed by atoms with Gasteiger partial charge in [-0.3, -0.25) is 0 Å². The van der Waals surface area contributed by atoms with Crippen molar-refractivity contribution in [3.05, 3.63) is 33.8 Å².